The van der Waals surface area contributed by atoms with Crippen molar-refractivity contribution >= 4 is 11.8 Å². The van der Waals surface area contributed by atoms with Gasteiger partial charge in [0.25, 0.3) is 0 Å². The van der Waals surface area contributed by atoms with E-state index in [0.717, 1.165) is 16.8 Å². The van der Waals surface area contributed by atoms with Crippen LogP contribution in [0.5, 0.6) is 0 Å². The number of carbonyl (C=O) groups is 1. The SMILES string of the molecule is Cc1ccc2c(c1C)NC(=O)OC2. The van der Waals surface area contributed by atoms with E-state index in [4.69, 9.17) is 4.74 Å². The molecular formula is C10H11NO2. The second kappa shape index (κ2) is 2.76. The van der Waals surface area contributed by atoms with Gasteiger partial charge in [0.1, 0.15) is 6.61 Å². The van der Waals surface area contributed by atoms with Crippen molar-refractivity contribution in [3.05, 3.63) is 28.8 Å². The highest BCUT2D eigenvalue weighted by molar-refractivity contribution is 5.89. The Kier molecular flexibility index (Phi) is 1.72. The number of hydrogen-bond donors (Lipinski definition) is 1. The third-order valence-corrected chi connectivity index (χ3v) is 2.41. The molecule has 1 aromatic rings. The third kappa shape index (κ3) is 1.26. The number of aryl methyl sites for hydroxylation is 1. The molecule has 0 fully saturated rings. The van der Waals surface area contributed by atoms with Crippen molar-refractivity contribution in [2.24, 2.45) is 0 Å². The van der Waals surface area contributed by atoms with Gasteiger partial charge >= 0.3 is 6.09 Å². The molecule has 1 aliphatic rings. The van der Waals surface area contributed by atoms with Crippen LogP contribution < -0.4 is 5.32 Å². The second-order valence-electron chi connectivity index (χ2n) is 3.24. The summed E-state index contributed by atoms with van der Waals surface area (Å²) < 4.78 is 4.85. The van der Waals surface area contributed by atoms with E-state index in [1.807, 2.05) is 26.0 Å². The van der Waals surface area contributed by atoms with Crippen molar-refractivity contribution in [3.63, 3.8) is 0 Å². The molecule has 2 rings (SSSR count). The van der Waals surface area contributed by atoms with Crippen LogP contribution in [0.25, 0.3) is 0 Å². The Hall–Kier alpha value is -1.51. The fourth-order valence-electron chi connectivity index (χ4n) is 1.45. The molecule has 1 aliphatic heterocycles. The number of carbonyl (C=O) groups excluding carboxylic acids is 1. The van der Waals surface area contributed by atoms with Crippen LogP contribution in [-0.4, -0.2) is 6.09 Å². The monoisotopic (exact) mass is 177 g/mol. The average molecular weight is 177 g/mol. The minimum atomic E-state index is -0.360. The van der Waals surface area contributed by atoms with Gasteiger partial charge in [-0.05, 0) is 25.0 Å². The Morgan fingerprint density at radius 1 is 1.38 bits per heavy atom. The molecule has 0 aliphatic carbocycles. The highest BCUT2D eigenvalue weighted by Gasteiger charge is 2.17. The summed E-state index contributed by atoms with van der Waals surface area (Å²) in [7, 11) is 0. The zero-order chi connectivity index (χ0) is 9.42. The van der Waals surface area contributed by atoms with Crippen molar-refractivity contribution in [1.29, 1.82) is 0 Å². The highest BCUT2D eigenvalue weighted by atomic mass is 16.5. The molecule has 1 amide bonds. The van der Waals surface area contributed by atoms with Gasteiger partial charge in [0.2, 0.25) is 0 Å². The Balaban J connectivity index is 2.54. The summed E-state index contributed by atoms with van der Waals surface area (Å²) in [6, 6.07) is 4.02. The zero-order valence-electron chi connectivity index (χ0n) is 7.68. The lowest BCUT2D eigenvalue weighted by molar-refractivity contribution is 0.151. The van der Waals surface area contributed by atoms with Crippen LogP contribution in [-0.2, 0) is 11.3 Å². The van der Waals surface area contributed by atoms with Gasteiger partial charge in [-0.1, -0.05) is 12.1 Å². The first-order chi connectivity index (χ1) is 6.18. The molecule has 1 N–H and O–H groups in total. The van der Waals surface area contributed by atoms with Crippen LogP contribution >= 0.6 is 0 Å². The van der Waals surface area contributed by atoms with Gasteiger partial charge in [-0.15, -0.1) is 0 Å². The lowest BCUT2D eigenvalue weighted by Crippen LogP contribution is -2.21. The van der Waals surface area contributed by atoms with Crippen molar-refractivity contribution in [2.75, 3.05) is 5.32 Å². The van der Waals surface area contributed by atoms with Crippen molar-refractivity contribution in [2.45, 2.75) is 20.5 Å². The van der Waals surface area contributed by atoms with Crippen molar-refractivity contribution in [1.82, 2.24) is 0 Å². The summed E-state index contributed by atoms with van der Waals surface area (Å²) >= 11 is 0. The van der Waals surface area contributed by atoms with Crippen LogP contribution in [0.3, 0.4) is 0 Å². The number of fused-ring (bicyclic) bond motifs is 1. The zero-order valence-corrected chi connectivity index (χ0v) is 7.68. The molecule has 0 unspecified atom stereocenters. The smallest absolute Gasteiger partial charge is 0.411 e. The lowest BCUT2D eigenvalue weighted by atomic mass is 10.0. The Labute approximate surface area is 76.7 Å². The van der Waals surface area contributed by atoms with E-state index < -0.39 is 0 Å². The quantitative estimate of drug-likeness (QED) is 0.660. The molecule has 3 heteroatoms. The maximum atomic E-state index is 11.0. The first-order valence-electron chi connectivity index (χ1n) is 4.21. The average Bonchev–Trinajstić information content (AvgIpc) is 2.12. The summed E-state index contributed by atoms with van der Waals surface area (Å²) in [5.41, 5.74) is 4.26. The number of ether oxygens (including phenoxy) is 1. The number of nitrogens with one attached hydrogen (secondary N) is 1. The van der Waals surface area contributed by atoms with E-state index in [9.17, 15) is 4.79 Å². The van der Waals surface area contributed by atoms with E-state index in [1.54, 1.807) is 0 Å². The van der Waals surface area contributed by atoms with Gasteiger partial charge in [0, 0.05) is 5.56 Å². The minimum Gasteiger partial charge on any atom is -0.444 e. The molecule has 3 nitrogen and oxygen atoms in total. The third-order valence-electron chi connectivity index (χ3n) is 2.41. The molecule has 1 aromatic carbocycles. The highest BCUT2D eigenvalue weighted by Crippen LogP contribution is 2.27. The molecular weight excluding hydrogens is 166 g/mol. The number of hydrogen-bond acceptors (Lipinski definition) is 2. The van der Waals surface area contributed by atoms with Crippen LogP contribution in [0.4, 0.5) is 10.5 Å². The molecule has 0 saturated carbocycles. The van der Waals surface area contributed by atoms with Gasteiger partial charge in [-0.25, -0.2) is 4.79 Å². The Bertz CT molecular complexity index is 371. The van der Waals surface area contributed by atoms with E-state index in [0.29, 0.717) is 6.61 Å². The van der Waals surface area contributed by atoms with E-state index >= 15 is 0 Å². The Morgan fingerprint density at radius 3 is 2.92 bits per heavy atom. The molecule has 0 atom stereocenters. The van der Waals surface area contributed by atoms with E-state index in [1.165, 1.54) is 5.56 Å². The number of anilines is 1. The molecule has 0 radical (unpaired) electrons. The molecule has 0 aromatic heterocycles. The number of benzene rings is 1. The van der Waals surface area contributed by atoms with E-state index in [-0.39, 0.29) is 6.09 Å². The van der Waals surface area contributed by atoms with Crippen LogP contribution in [0, 0.1) is 13.8 Å². The standard InChI is InChI=1S/C10H11NO2/c1-6-3-4-8-5-13-10(12)11-9(8)7(6)2/h3-4H,5H2,1-2H3,(H,11,12). The molecule has 0 saturated heterocycles. The lowest BCUT2D eigenvalue weighted by Gasteiger charge is -2.20. The molecule has 0 bridgehead atoms. The molecule has 68 valence electrons. The van der Waals surface area contributed by atoms with Crippen LogP contribution in [0.1, 0.15) is 16.7 Å². The van der Waals surface area contributed by atoms with Gasteiger partial charge in [0.15, 0.2) is 0 Å². The normalized spacial score (nSPS) is 14.5. The fourth-order valence-corrected chi connectivity index (χ4v) is 1.45. The number of rotatable bonds is 0. The second-order valence-corrected chi connectivity index (χ2v) is 3.24. The molecule has 0 spiro atoms. The van der Waals surface area contributed by atoms with Crippen LogP contribution in [0.15, 0.2) is 12.1 Å². The summed E-state index contributed by atoms with van der Waals surface area (Å²) in [4.78, 5) is 11.0. The Morgan fingerprint density at radius 2 is 2.15 bits per heavy atom. The van der Waals surface area contributed by atoms with Crippen LogP contribution in [0.2, 0.25) is 0 Å². The minimum absolute atomic E-state index is 0.360. The van der Waals surface area contributed by atoms with E-state index in [2.05, 4.69) is 5.32 Å². The van der Waals surface area contributed by atoms with Gasteiger partial charge in [-0.3, -0.25) is 5.32 Å². The van der Waals surface area contributed by atoms with Gasteiger partial charge < -0.3 is 4.74 Å². The number of amides is 1. The van der Waals surface area contributed by atoms with Gasteiger partial charge in [-0.2, -0.15) is 0 Å². The summed E-state index contributed by atoms with van der Waals surface area (Å²) in [6.45, 7) is 4.40. The van der Waals surface area contributed by atoms with Crippen molar-refractivity contribution < 1.29 is 9.53 Å². The summed E-state index contributed by atoms with van der Waals surface area (Å²) in [5, 5.41) is 2.71. The largest absolute Gasteiger partial charge is 0.444 e. The predicted molar refractivity (Wildman–Crippen MR) is 49.7 cm³/mol. The summed E-state index contributed by atoms with van der Waals surface area (Å²) in [6.07, 6.45) is -0.360. The van der Waals surface area contributed by atoms with Crippen molar-refractivity contribution in [3.8, 4) is 0 Å². The first kappa shape index (κ1) is 8.10. The fraction of sp³-hybridized carbons (Fsp3) is 0.300. The topological polar surface area (TPSA) is 38.3 Å². The predicted octanol–water partition coefficient (Wildman–Crippen LogP) is 2.37. The summed E-state index contributed by atoms with van der Waals surface area (Å²) in [5.74, 6) is 0. The maximum absolute atomic E-state index is 11.0. The van der Waals surface area contributed by atoms with Gasteiger partial charge in [0.05, 0.1) is 5.69 Å². The maximum Gasteiger partial charge on any atom is 0.411 e. The molecule has 1 heterocycles. The molecule has 13 heavy (non-hydrogen) atoms. The number of cyclic esters (lactones) is 1. The first-order valence-corrected chi connectivity index (χ1v) is 4.21.